The van der Waals surface area contributed by atoms with Crippen molar-refractivity contribution in [2.45, 2.75) is 45.7 Å². The number of hydroxylamine groups is 1. The summed E-state index contributed by atoms with van der Waals surface area (Å²) < 4.78 is 0. The minimum absolute atomic E-state index is 0.0891. The molecule has 112 valence electrons. The fraction of sp³-hybridized carbons (Fsp3) is 0.769. The van der Waals surface area contributed by atoms with Crippen LogP contribution in [-0.4, -0.2) is 47.1 Å². The van der Waals surface area contributed by atoms with E-state index in [-0.39, 0.29) is 11.9 Å². The van der Waals surface area contributed by atoms with Crippen LogP contribution in [0.1, 0.15) is 33.6 Å². The summed E-state index contributed by atoms with van der Waals surface area (Å²) in [7, 11) is 0. The van der Waals surface area contributed by atoms with Crippen molar-refractivity contribution in [3.05, 3.63) is 0 Å². The van der Waals surface area contributed by atoms with E-state index in [9.17, 15) is 9.59 Å². The van der Waals surface area contributed by atoms with Crippen LogP contribution in [0.4, 0.5) is 0 Å². The van der Waals surface area contributed by atoms with Gasteiger partial charge in [-0.25, -0.2) is 4.79 Å². The van der Waals surface area contributed by atoms with Crippen molar-refractivity contribution in [3.8, 4) is 6.07 Å². The van der Waals surface area contributed by atoms with Crippen LogP contribution in [0.5, 0.6) is 0 Å². The third-order valence-electron chi connectivity index (χ3n) is 3.08. The lowest BCUT2D eigenvalue weighted by Gasteiger charge is -2.39. The number of nitrogens with zero attached hydrogens (tertiary/aromatic N) is 2. The first kappa shape index (κ1) is 16.4. The van der Waals surface area contributed by atoms with Gasteiger partial charge in [0.1, 0.15) is 6.04 Å². The highest BCUT2D eigenvalue weighted by molar-refractivity contribution is 5.82. The van der Waals surface area contributed by atoms with E-state index >= 15 is 0 Å². The second-order valence-electron chi connectivity index (χ2n) is 5.93. The van der Waals surface area contributed by atoms with Crippen molar-refractivity contribution in [2.24, 2.45) is 5.41 Å². The second-order valence-corrected chi connectivity index (χ2v) is 5.93. The quantitative estimate of drug-likeness (QED) is 0.729. The number of nitrogens with one attached hydrogen (secondary N) is 1. The number of hydrogen-bond donors (Lipinski definition) is 2. The normalized spacial score (nSPS) is 23.2. The number of aliphatic carboxylic acids is 1. The van der Waals surface area contributed by atoms with Gasteiger partial charge in [-0.15, -0.1) is 0 Å². The first-order valence-electron chi connectivity index (χ1n) is 6.55. The average molecular weight is 283 g/mol. The molecule has 0 unspecified atom stereocenters. The zero-order valence-corrected chi connectivity index (χ0v) is 12.0. The number of piperidine rings is 1. The summed E-state index contributed by atoms with van der Waals surface area (Å²) in [6, 6.07) is 1.55. The number of carbonyl (C=O) groups is 2. The molecule has 0 spiro atoms. The molecule has 1 heterocycles. The van der Waals surface area contributed by atoms with Gasteiger partial charge in [-0.3, -0.25) is 9.63 Å². The first-order valence-corrected chi connectivity index (χ1v) is 6.55. The summed E-state index contributed by atoms with van der Waals surface area (Å²) in [4.78, 5) is 29.1. The van der Waals surface area contributed by atoms with Crippen LogP contribution in [0.2, 0.25) is 0 Å². The summed E-state index contributed by atoms with van der Waals surface area (Å²) in [6.45, 7) is 5.32. The summed E-state index contributed by atoms with van der Waals surface area (Å²) in [5.41, 5.74) is 2.09. The Morgan fingerprint density at radius 1 is 1.45 bits per heavy atom. The Bertz CT molecular complexity index is 411. The number of carbonyl (C=O) groups excluding carboxylic acids is 1. The fourth-order valence-electron chi connectivity index (χ4n) is 2.08. The molecule has 0 radical (unpaired) electrons. The van der Waals surface area contributed by atoms with Crippen molar-refractivity contribution >= 4 is 11.9 Å². The van der Waals surface area contributed by atoms with Crippen LogP contribution in [0, 0.1) is 16.7 Å². The number of hydrogen-bond acceptors (Lipinski definition) is 5. The molecule has 1 fully saturated rings. The Kier molecular flexibility index (Phi) is 5.48. The minimum Gasteiger partial charge on any atom is -0.479 e. The van der Waals surface area contributed by atoms with Crippen molar-refractivity contribution in [1.82, 2.24) is 10.4 Å². The van der Waals surface area contributed by atoms with Gasteiger partial charge in [-0.05, 0) is 12.8 Å². The molecule has 0 aromatic heterocycles. The second kappa shape index (κ2) is 6.68. The standard InChI is InChI=1S/C13H21N3O4/c1-13(2,3)12(19)16-7-9(4-5-10(16)6-14)15-20-8-11(17)18/h9-10,15H,4-5,7-8H2,1-3H3,(H,17,18)/t9-,10+/m1/s1. The number of amides is 1. The van der Waals surface area contributed by atoms with E-state index in [4.69, 9.17) is 15.2 Å². The molecular formula is C13H21N3O4. The molecule has 2 N–H and O–H groups in total. The van der Waals surface area contributed by atoms with E-state index in [0.717, 1.165) is 0 Å². The van der Waals surface area contributed by atoms with Crippen molar-refractivity contribution in [1.29, 1.82) is 5.26 Å². The molecule has 20 heavy (non-hydrogen) atoms. The van der Waals surface area contributed by atoms with Gasteiger partial charge in [0, 0.05) is 18.0 Å². The van der Waals surface area contributed by atoms with Gasteiger partial charge < -0.3 is 10.0 Å². The van der Waals surface area contributed by atoms with Crippen LogP contribution in [0.15, 0.2) is 0 Å². The Morgan fingerprint density at radius 3 is 2.60 bits per heavy atom. The predicted octanol–water partition coefficient (Wildman–Crippen LogP) is 0.521. The lowest BCUT2D eigenvalue weighted by molar-refractivity contribution is -0.149. The maximum Gasteiger partial charge on any atom is 0.331 e. The molecule has 2 atom stereocenters. The Balaban J connectivity index is 2.63. The summed E-state index contributed by atoms with van der Waals surface area (Å²) in [5, 5.41) is 17.6. The van der Waals surface area contributed by atoms with E-state index in [1.54, 1.807) is 4.90 Å². The number of carboxylic acid groups (broad SMARTS) is 1. The Labute approximate surface area is 118 Å². The van der Waals surface area contributed by atoms with Gasteiger partial charge in [0.25, 0.3) is 0 Å². The Morgan fingerprint density at radius 2 is 2.10 bits per heavy atom. The molecule has 1 aliphatic rings. The molecule has 1 saturated heterocycles. The highest BCUT2D eigenvalue weighted by Crippen LogP contribution is 2.24. The molecule has 0 aliphatic carbocycles. The van der Waals surface area contributed by atoms with E-state index in [0.29, 0.717) is 19.4 Å². The highest BCUT2D eigenvalue weighted by Gasteiger charge is 2.36. The number of nitriles is 1. The van der Waals surface area contributed by atoms with Crippen molar-refractivity contribution < 1.29 is 19.5 Å². The molecule has 0 saturated carbocycles. The van der Waals surface area contributed by atoms with Crippen LogP contribution in [0.3, 0.4) is 0 Å². The lowest BCUT2D eigenvalue weighted by Crippen LogP contribution is -2.55. The molecule has 0 aromatic rings. The average Bonchev–Trinajstić information content (AvgIpc) is 2.36. The van der Waals surface area contributed by atoms with E-state index in [2.05, 4.69) is 11.5 Å². The number of rotatable bonds is 4. The molecule has 1 rings (SSSR count). The maximum atomic E-state index is 12.3. The molecule has 7 heteroatoms. The molecule has 0 bridgehead atoms. The van der Waals surface area contributed by atoms with E-state index < -0.39 is 24.0 Å². The fourth-order valence-corrected chi connectivity index (χ4v) is 2.08. The smallest absolute Gasteiger partial charge is 0.331 e. The minimum atomic E-state index is -1.06. The molecular weight excluding hydrogens is 262 g/mol. The molecule has 1 aliphatic heterocycles. The lowest BCUT2D eigenvalue weighted by atomic mass is 9.90. The molecule has 1 amide bonds. The zero-order valence-electron chi connectivity index (χ0n) is 12.0. The van der Waals surface area contributed by atoms with Crippen molar-refractivity contribution in [3.63, 3.8) is 0 Å². The Hall–Kier alpha value is -1.65. The van der Waals surface area contributed by atoms with Gasteiger partial charge in [0.2, 0.25) is 5.91 Å². The molecule has 7 nitrogen and oxygen atoms in total. The van der Waals surface area contributed by atoms with Gasteiger partial charge in [0.15, 0.2) is 6.61 Å². The predicted molar refractivity (Wildman–Crippen MR) is 70.3 cm³/mol. The van der Waals surface area contributed by atoms with Gasteiger partial charge in [0.05, 0.1) is 6.07 Å². The van der Waals surface area contributed by atoms with E-state index in [1.807, 2.05) is 20.8 Å². The SMILES string of the molecule is CC(C)(C)C(=O)N1C[C@H](NOCC(=O)O)CC[C@H]1C#N. The highest BCUT2D eigenvalue weighted by atomic mass is 16.7. The van der Waals surface area contributed by atoms with Crippen LogP contribution < -0.4 is 5.48 Å². The maximum absolute atomic E-state index is 12.3. The monoisotopic (exact) mass is 283 g/mol. The third-order valence-corrected chi connectivity index (χ3v) is 3.08. The largest absolute Gasteiger partial charge is 0.479 e. The third kappa shape index (κ3) is 4.47. The zero-order chi connectivity index (χ0) is 15.3. The van der Waals surface area contributed by atoms with Gasteiger partial charge in [-0.2, -0.15) is 10.7 Å². The number of likely N-dealkylation sites (tertiary alicyclic amines) is 1. The number of carboxylic acids is 1. The topological polar surface area (TPSA) is 103 Å². The summed E-state index contributed by atoms with van der Waals surface area (Å²) >= 11 is 0. The van der Waals surface area contributed by atoms with Gasteiger partial charge >= 0.3 is 5.97 Å². The summed E-state index contributed by atoms with van der Waals surface area (Å²) in [5.74, 6) is -1.15. The van der Waals surface area contributed by atoms with Crippen molar-refractivity contribution in [2.75, 3.05) is 13.2 Å². The van der Waals surface area contributed by atoms with Crippen LogP contribution in [0.25, 0.3) is 0 Å². The van der Waals surface area contributed by atoms with Crippen LogP contribution >= 0.6 is 0 Å². The van der Waals surface area contributed by atoms with Gasteiger partial charge in [-0.1, -0.05) is 20.8 Å². The summed E-state index contributed by atoms with van der Waals surface area (Å²) in [6.07, 6.45) is 1.21. The first-order chi connectivity index (χ1) is 9.25. The van der Waals surface area contributed by atoms with Crippen LogP contribution in [-0.2, 0) is 14.4 Å². The van der Waals surface area contributed by atoms with E-state index in [1.165, 1.54) is 0 Å². The molecule has 0 aromatic carbocycles.